The molecule has 0 radical (unpaired) electrons. The minimum absolute atomic E-state index is 0.0482. The van der Waals surface area contributed by atoms with Gasteiger partial charge in [0.2, 0.25) is 11.8 Å². The molecule has 1 aliphatic carbocycles. The molecule has 1 heterocycles. The summed E-state index contributed by atoms with van der Waals surface area (Å²) < 4.78 is 0. The van der Waals surface area contributed by atoms with Crippen molar-refractivity contribution in [2.24, 2.45) is 11.3 Å². The summed E-state index contributed by atoms with van der Waals surface area (Å²) in [5.41, 5.74) is -0.769. The monoisotopic (exact) mass is 342 g/mol. The number of carboxylic acids is 1. The number of likely N-dealkylation sites (tertiary alicyclic amines) is 1. The van der Waals surface area contributed by atoms with Crippen LogP contribution in [0.2, 0.25) is 0 Å². The Morgan fingerprint density at radius 3 is 2.74 bits per heavy atom. The highest BCUT2D eigenvalue weighted by atomic mass is 32.2. The third-order valence-electron chi connectivity index (χ3n) is 5.17. The van der Waals surface area contributed by atoms with Crippen molar-refractivity contribution in [3.05, 3.63) is 0 Å². The summed E-state index contributed by atoms with van der Waals surface area (Å²) in [6.07, 6.45) is 5.31. The molecule has 0 aromatic rings. The molecule has 2 aliphatic rings. The summed E-state index contributed by atoms with van der Waals surface area (Å²) in [4.78, 5) is 37.9. The Balaban J connectivity index is 2.08. The molecule has 7 heteroatoms. The fraction of sp³-hybridized carbons (Fsp3) is 0.812. The molecule has 6 nitrogen and oxygen atoms in total. The molecule has 0 bridgehead atoms. The number of carboxylic acid groups (broad SMARTS) is 1. The third kappa shape index (κ3) is 3.65. The van der Waals surface area contributed by atoms with Crippen molar-refractivity contribution in [2.45, 2.75) is 45.1 Å². The molecule has 2 fully saturated rings. The number of nitrogens with one attached hydrogen (secondary N) is 1. The van der Waals surface area contributed by atoms with Crippen molar-refractivity contribution in [2.75, 3.05) is 25.1 Å². The first-order valence-electron chi connectivity index (χ1n) is 8.25. The number of amides is 2. The fourth-order valence-corrected chi connectivity index (χ4v) is 4.29. The number of nitrogens with zero attached hydrogens (tertiary/aromatic N) is 1. The Morgan fingerprint density at radius 2 is 2.17 bits per heavy atom. The predicted octanol–water partition coefficient (Wildman–Crippen LogP) is 1.35. The molecule has 0 aromatic heterocycles. The molecule has 1 aliphatic heterocycles. The summed E-state index contributed by atoms with van der Waals surface area (Å²) in [5, 5.41) is 12.4. The molecular formula is C16H26N2O4S. The molecule has 0 aromatic carbocycles. The Labute approximate surface area is 141 Å². The van der Waals surface area contributed by atoms with Gasteiger partial charge in [0.15, 0.2) is 0 Å². The van der Waals surface area contributed by atoms with E-state index in [-0.39, 0.29) is 24.3 Å². The van der Waals surface area contributed by atoms with Crippen molar-refractivity contribution in [3.63, 3.8) is 0 Å². The van der Waals surface area contributed by atoms with Gasteiger partial charge in [0.1, 0.15) is 6.04 Å². The lowest BCUT2D eigenvalue weighted by molar-refractivity contribution is -0.149. The van der Waals surface area contributed by atoms with Crippen molar-refractivity contribution in [1.82, 2.24) is 10.2 Å². The van der Waals surface area contributed by atoms with E-state index in [4.69, 9.17) is 0 Å². The molecule has 2 amide bonds. The van der Waals surface area contributed by atoms with Crippen molar-refractivity contribution in [3.8, 4) is 0 Å². The highest BCUT2D eigenvalue weighted by Gasteiger charge is 2.56. The normalized spacial score (nSPS) is 27.6. The summed E-state index contributed by atoms with van der Waals surface area (Å²) in [7, 11) is 0. The lowest BCUT2D eigenvalue weighted by atomic mass is 9.81. The van der Waals surface area contributed by atoms with Gasteiger partial charge >= 0.3 is 5.97 Å². The zero-order valence-corrected chi connectivity index (χ0v) is 14.7. The Morgan fingerprint density at radius 1 is 1.43 bits per heavy atom. The van der Waals surface area contributed by atoms with Crippen LogP contribution in [0.5, 0.6) is 0 Å². The Bertz CT molecular complexity index is 485. The maximum absolute atomic E-state index is 12.8. The number of rotatable bonds is 7. The van der Waals surface area contributed by atoms with E-state index in [2.05, 4.69) is 5.32 Å². The van der Waals surface area contributed by atoms with Crippen molar-refractivity contribution in [1.29, 1.82) is 0 Å². The van der Waals surface area contributed by atoms with Crippen LogP contribution >= 0.6 is 11.8 Å². The van der Waals surface area contributed by atoms with E-state index < -0.39 is 17.4 Å². The van der Waals surface area contributed by atoms with Gasteiger partial charge in [-0.05, 0) is 37.2 Å². The number of hydrogen-bond donors (Lipinski definition) is 2. The predicted molar refractivity (Wildman–Crippen MR) is 89.2 cm³/mol. The molecule has 1 saturated heterocycles. The lowest BCUT2D eigenvalue weighted by Crippen LogP contribution is -2.49. The molecule has 2 rings (SSSR count). The van der Waals surface area contributed by atoms with E-state index >= 15 is 0 Å². The van der Waals surface area contributed by atoms with Gasteiger partial charge in [-0.15, -0.1) is 0 Å². The summed E-state index contributed by atoms with van der Waals surface area (Å²) in [5.74, 6) is -0.227. The number of aliphatic carboxylic acids is 1. The van der Waals surface area contributed by atoms with Crippen LogP contribution in [0.3, 0.4) is 0 Å². The second-order valence-corrected chi connectivity index (χ2v) is 7.51. The van der Waals surface area contributed by atoms with Gasteiger partial charge in [0, 0.05) is 19.5 Å². The van der Waals surface area contributed by atoms with Gasteiger partial charge in [-0.1, -0.05) is 13.3 Å². The molecule has 23 heavy (non-hydrogen) atoms. The number of thioether (sulfide) groups is 1. The standard InChI is InChI=1S/C16H26N2O4S/c1-3-13(19)17-12(6-8-23-2)14(20)18-9-11-5-4-7-16(11,10-18)15(21)22/h11-12H,3-10H2,1-2H3,(H,17,19)(H,21,22)/t11-,12?,16+/m0/s1. The summed E-state index contributed by atoms with van der Waals surface area (Å²) in [6.45, 7) is 2.54. The Kier molecular flexibility index (Phi) is 5.95. The van der Waals surface area contributed by atoms with Gasteiger partial charge in [-0.2, -0.15) is 11.8 Å². The van der Waals surface area contributed by atoms with Gasteiger partial charge < -0.3 is 15.3 Å². The highest BCUT2D eigenvalue weighted by molar-refractivity contribution is 7.98. The largest absolute Gasteiger partial charge is 0.481 e. The minimum Gasteiger partial charge on any atom is -0.481 e. The fourth-order valence-electron chi connectivity index (χ4n) is 3.82. The van der Waals surface area contributed by atoms with E-state index in [1.54, 1.807) is 23.6 Å². The number of hydrogen-bond acceptors (Lipinski definition) is 4. The Hall–Kier alpha value is -1.24. The number of carbonyl (C=O) groups excluding carboxylic acids is 2. The van der Waals surface area contributed by atoms with Crippen LogP contribution in [0, 0.1) is 11.3 Å². The second-order valence-electron chi connectivity index (χ2n) is 6.52. The minimum atomic E-state index is -0.784. The topological polar surface area (TPSA) is 86.7 Å². The van der Waals surface area contributed by atoms with Gasteiger partial charge in [0.25, 0.3) is 0 Å². The summed E-state index contributed by atoms with van der Waals surface area (Å²) >= 11 is 1.63. The summed E-state index contributed by atoms with van der Waals surface area (Å²) in [6, 6.07) is -0.542. The maximum atomic E-state index is 12.8. The van der Waals surface area contributed by atoms with Gasteiger partial charge in [-0.25, -0.2) is 0 Å². The zero-order valence-electron chi connectivity index (χ0n) is 13.8. The molecule has 130 valence electrons. The van der Waals surface area contributed by atoms with Crippen LogP contribution < -0.4 is 5.32 Å². The van der Waals surface area contributed by atoms with Crippen molar-refractivity contribution >= 4 is 29.5 Å². The first-order chi connectivity index (χ1) is 10.9. The molecule has 1 unspecified atom stereocenters. The first kappa shape index (κ1) is 18.1. The van der Waals surface area contributed by atoms with Gasteiger partial charge in [-0.3, -0.25) is 14.4 Å². The van der Waals surface area contributed by atoms with Crippen LogP contribution in [0.15, 0.2) is 0 Å². The highest BCUT2D eigenvalue weighted by Crippen LogP contribution is 2.49. The molecule has 3 atom stereocenters. The molecule has 0 spiro atoms. The van der Waals surface area contributed by atoms with E-state index in [0.29, 0.717) is 25.8 Å². The van der Waals surface area contributed by atoms with E-state index in [1.807, 2.05) is 6.26 Å². The first-order valence-corrected chi connectivity index (χ1v) is 9.64. The number of fused-ring (bicyclic) bond motifs is 1. The number of carbonyl (C=O) groups is 3. The maximum Gasteiger partial charge on any atom is 0.311 e. The van der Waals surface area contributed by atoms with Crippen LogP contribution in [0.4, 0.5) is 0 Å². The lowest BCUT2D eigenvalue weighted by Gasteiger charge is -2.26. The van der Waals surface area contributed by atoms with Crippen molar-refractivity contribution < 1.29 is 19.5 Å². The smallest absolute Gasteiger partial charge is 0.311 e. The quantitative estimate of drug-likeness (QED) is 0.729. The average molecular weight is 342 g/mol. The molecule has 2 N–H and O–H groups in total. The van der Waals surface area contributed by atoms with E-state index in [0.717, 1.165) is 18.6 Å². The third-order valence-corrected chi connectivity index (χ3v) is 5.82. The van der Waals surface area contributed by atoms with E-state index in [9.17, 15) is 19.5 Å². The molecule has 1 saturated carbocycles. The van der Waals surface area contributed by atoms with Crippen LogP contribution in [-0.2, 0) is 14.4 Å². The van der Waals surface area contributed by atoms with E-state index in [1.165, 1.54) is 0 Å². The second kappa shape index (κ2) is 7.55. The average Bonchev–Trinajstić information content (AvgIpc) is 3.08. The molecular weight excluding hydrogens is 316 g/mol. The van der Waals surface area contributed by atoms with Crippen LogP contribution in [-0.4, -0.2) is 58.9 Å². The van der Waals surface area contributed by atoms with Crippen LogP contribution in [0.25, 0.3) is 0 Å². The zero-order chi connectivity index (χ0) is 17.0. The van der Waals surface area contributed by atoms with Crippen LogP contribution in [0.1, 0.15) is 39.0 Å². The SMILES string of the molecule is CCC(=O)NC(CCSC)C(=O)N1C[C@@H]2CCC[C@@]2(C(=O)O)C1. The van der Waals surface area contributed by atoms with Gasteiger partial charge in [0.05, 0.1) is 5.41 Å².